The van der Waals surface area contributed by atoms with Gasteiger partial charge in [-0.2, -0.15) is 5.26 Å². The van der Waals surface area contributed by atoms with Gasteiger partial charge in [0.2, 0.25) is 5.91 Å². The lowest BCUT2D eigenvalue weighted by Crippen LogP contribution is -2.33. The first-order chi connectivity index (χ1) is 11.8. The lowest BCUT2D eigenvalue weighted by atomic mass is 10.1. The summed E-state index contributed by atoms with van der Waals surface area (Å²) in [6.45, 7) is 6.97. The monoisotopic (exact) mass is 326 g/mol. The van der Waals surface area contributed by atoms with Crippen LogP contribution in [0.1, 0.15) is 31.2 Å². The summed E-state index contributed by atoms with van der Waals surface area (Å²) in [6, 6.07) is 10.2. The summed E-state index contributed by atoms with van der Waals surface area (Å²) in [5, 5.41) is 9.29. The number of benzene rings is 1. The van der Waals surface area contributed by atoms with Gasteiger partial charge in [0.25, 0.3) is 0 Å². The minimum Gasteiger partial charge on any atom is -0.369 e. The van der Waals surface area contributed by atoms with E-state index in [4.69, 9.17) is 0 Å². The third-order valence-corrected chi connectivity index (χ3v) is 5.03. The van der Waals surface area contributed by atoms with Crippen LogP contribution in [-0.4, -0.2) is 61.5 Å². The molecule has 0 saturated carbocycles. The molecule has 0 radical (unpaired) electrons. The Morgan fingerprint density at radius 2 is 1.88 bits per heavy atom. The van der Waals surface area contributed by atoms with Gasteiger partial charge in [-0.05, 0) is 44.5 Å². The Bertz CT molecular complexity index is 610. The molecule has 0 spiro atoms. The molecule has 0 aliphatic carbocycles. The van der Waals surface area contributed by atoms with Crippen molar-refractivity contribution in [2.45, 2.75) is 25.7 Å². The summed E-state index contributed by atoms with van der Waals surface area (Å²) < 4.78 is 0. The molecule has 1 aromatic carbocycles. The standard InChI is InChI=1S/C19H26N4O/c20-16-17-6-1-2-7-18(17)22-12-4-9-21(14-15-22)10-5-13-23-11-3-8-19(23)24/h1-2,6-7H,3-5,8-15H2. The molecule has 2 aliphatic heterocycles. The van der Waals surface area contributed by atoms with Gasteiger partial charge in [0, 0.05) is 39.1 Å². The molecule has 1 aromatic rings. The van der Waals surface area contributed by atoms with E-state index in [1.54, 1.807) is 0 Å². The summed E-state index contributed by atoms with van der Waals surface area (Å²) in [5.41, 5.74) is 1.82. The van der Waals surface area contributed by atoms with Gasteiger partial charge >= 0.3 is 0 Å². The lowest BCUT2D eigenvalue weighted by Gasteiger charge is -2.25. The van der Waals surface area contributed by atoms with Crippen LogP contribution in [0.3, 0.4) is 0 Å². The van der Waals surface area contributed by atoms with Crippen molar-refractivity contribution in [3.63, 3.8) is 0 Å². The van der Waals surface area contributed by atoms with Crippen molar-refractivity contribution in [1.29, 1.82) is 5.26 Å². The van der Waals surface area contributed by atoms with E-state index in [2.05, 4.69) is 15.9 Å². The van der Waals surface area contributed by atoms with Crippen molar-refractivity contribution in [2.75, 3.05) is 50.7 Å². The second kappa shape index (κ2) is 8.16. The Hall–Kier alpha value is -2.06. The first-order valence-corrected chi connectivity index (χ1v) is 9.02. The third-order valence-electron chi connectivity index (χ3n) is 5.03. The van der Waals surface area contributed by atoms with Crippen molar-refractivity contribution in [3.05, 3.63) is 29.8 Å². The minimum atomic E-state index is 0.324. The first kappa shape index (κ1) is 16.8. The SMILES string of the molecule is N#Cc1ccccc1N1CCCN(CCCN2CCCC2=O)CC1. The van der Waals surface area contributed by atoms with Crippen LogP contribution in [0.5, 0.6) is 0 Å². The molecule has 0 N–H and O–H groups in total. The zero-order valence-corrected chi connectivity index (χ0v) is 14.3. The maximum Gasteiger partial charge on any atom is 0.222 e. The van der Waals surface area contributed by atoms with E-state index in [9.17, 15) is 10.1 Å². The topological polar surface area (TPSA) is 50.6 Å². The van der Waals surface area contributed by atoms with E-state index in [0.29, 0.717) is 5.91 Å². The molecule has 128 valence electrons. The highest BCUT2D eigenvalue weighted by Gasteiger charge is 2.20. The predicted molar refractivity (Wildman–Crippen MR) is 94.9 cm³/mol. The van der Waals surface area contributed by atoms with Gasteiger partial charge in [0.15, 0.2) is 0 Å². The Kier molecular flexibility index (Phi) is 5.71. The number of amides is 1. The number of hydrogen-bond donors (Lipinski definition) is 0. The molecule has 0 atom stereocenters. The quantitative estimate of drug-likeness (QED) is 0.831. The molecule has 1 amide bonds. The van der Waals surface area contributed by atoms with Gasteiger partial charge in [-0.1, -0.05) is 12.1 Å². The summed E-state index contributed by atoms with van der Waals surface area (Å²) in [5.74, 6) is 0.324. The van der Waals surface area contributed by atoms with E-state index in [0.717, 1.165) is 82.7 Å². The van der Waals surface area contributed by atoms with Crippen LogP contribution >= 0.6 is 0 Å². The van der Waals surface area contributed by atoms with E-state index in [1.807, 2.05) is 29.2 Å². The average Bonchev–Trinajstić information content (AvgIpc) is 2.88. The van der Waals surface area contributed by atoms with Gasteiger partial charge < -0.3 is 14.7 Å². The van der Waals surface area contributed by atoms with Crippen LogP contribution in [0.15, 0.2) is 24.3 Å². The van der Waals surface area contributed by atoms with Crippen molar-refractivity contribution >= 4 is 11.6 Å². The Balaban J connectivity index is 1.48. The molecule has 0 unspecified atom stereocenters. The van der Waals surface area contributed by atoms with Crippen LogP contribution in [0.25, 0.3) is 0 Å². The number of likely N-dealkylation sites (tertiary alicyclic amines) is 1. The number of anilines is 1. The molecule has 5 nitrogen and oxygen atoms in total. The Morgan fingerprint density at radius 1 is 1.00 bits per heavy atom. The summed E-state index contributed by atoms with van der Waals surface area (Å²) in [6.07, 6.45) is 3.93. The van der Waals surface area contributed by atoms with E-state index in [-0.39, 0.29) is 0 Å². The fraction of sp³-hybridized carbons (Fsp3) is 0.579. The number of nitriles is 1. The predicted octanol–water partition coefficient (Wildman–Crippen LogP) is 2.08. The highest BCUT2D eigenvalue weighted by molar-refractivity contribution is 5.78. The molecule has 0 aromatic heterocycles. The highest BCUT2D eigenvalue weighted by Crippen LogP contribution is 2.21. The maximum atomic E-state index is 11.7. The van der Waals surface area contributed by atoms with Crippen LogP contribution in [0, 0.1) is 11.3 Å². The van der Waals surface area contributed by atoms with Crippen LogP contribution in [0.4, 0.5) is 5.69 Å². The maximum absolute atomic E-state index is 11.7. The van der Waals surface area contributed by atoms with Gasteiger partial charge in [0.1, 0.15) is 6.07 Å². The summed E-state index contributed by atoms with van der Waals surface area (Å²) in [7, 11) is 0. The Labute approximate surface area is 144 Å². The second-order valence-corrected chi connectivity index (χ2v) is 6.65. The molecule has 2 saturated heterocycles. The van der Waals surface area contributed by atoms with Gasteiger partial charge in [-0.25, -0.2) is 0 Å². The van der Waals surface area contributed by atoms with Crippen LogP contribution < -0.4 is 4.90 Å². The molecular weight excluding hydrogens is 300 g/mol. The van der Waals surface area contributed by atoms with E-state index < -0.39 is 0 Å². The fourth-order valence-electron chi connectivity index (χ4n) is 3.71. The number of carbonyl (C=O) groups is 1. The van der Waals surface area contributed by atoms with Crippen molar-refractivity contribution in [3.8, 4) is 6.07 Å². The number of hydrogen-bond acceptors (Lipinski definition) is 4. The fourth-order valence-corrected chi connectivity index (χ4v) is 3.71. The van der Waals surface area contributed by atoms with E-state index >= 15 is 0 Å². The average molecular weight is 326 g/mol. The van der Waals surface area contributed by atoms with Gasteiger partial charge in [0.05, 0.1) is 11.3 Å². The Morgan fingerprint density at radius 3 is 2.67 bits per heavy atom. The third kappa shape index (κ3) is 4.07. The largest absolute Gasteiger partial charge is 0.369 e. The molecule has 3 rings (SSSR count). The molecular formula is C19H26N4O. The van der Waals surface area contributed by atoms with E-state index in [1.165, 1.54) is 0 Å². The van der Waals surface area contributed by atoms with Crippen molar-refractivity contribution in [1.82, 2.24) is 9.80 Å². The zero-order chi connectivity index (χ0) is 16.8. The van der Waals surface area contributed by atoms with Crippen LogP contribution in [-0.2, 0) is 4.79 Å². The van der Waals surface area contributed by atoms with Gasteiger partial charge in [-0.15, -0.1) is 0 Å². The molecule has 2 aliphatic rings. The second-order valence-electron chi connectivity index (χ2n) is 6.65. The normalized spacial score (nSPS) is 19.4. The molecule has 2 heterocycles. The minimum absolute atomic E-state index is 0.324. The smallest absolute Gasteiger partial charge is 0.222 e. The lowest BCUT2D eigenvalue weighted by molar-refractivity contribution is -0.127. The van der Waals surface area contributed by atoms with Gasteiger partial charge in [-0.3, -0.25) is 4.79 Å². The molecule has 0 bridgehead atoms. The number of nitrogens with zero attached hydrogens (tertiary/aromatic N) is 4. The first-order valence-electron chi connectivity index (χ1n) is 9.02. The molecule has 5 heteroatoms. The zero-order valence-electron chi connectivity index (χ0n) is 14.3. The number of carbonyl (C=O) groups excluding carboxylic acids is 1. The van der Waals surface area contributed by atoms with Crippen LogP contribution in [0.2, 0.25) is 0 Å². The number of para-hydroxylation sites is 1. The summed E-state index contributed by atoms with van der Waals surface area (Å²) >= 11 is 0. The van der Waals surface area contributed by atoms with Crippen molar-refractivity contribution < 1.29 is 4.79 Å². The van der Waals surface area contributed by atoms with Crippen molar-refractivity contribution in [2.24, 2.45) is 0 Å². The molecule has 2 fully saturated rings. The highest BCUT2D eigenvalue weighted by atomic mass is 16.2. The number of rotatable bonds is 5. The molecule has 24 heavy (non-hydrogen) atoms. The summed E-state index contributed by atoms with van der Waals surface area (Å²) in [4.78, 5) is 18.5.